The minimum absolute atomic E-state index is 0. The molecule has 0 spiro atoms. The van der Waals surface area contributed by atoms with Crippen LogP contribution in [-0.4, -0.2) is 57.8 Å². The first-order valence-corrected chi connectivity index (χ1v) is 14.2. The molecule has 0 radical (unpaired) electrons. The average Bonchev–Trinajstić information content (AvgIpc) is 3.43. The predicted molar refractivity (Wildman–Crippen MR) is 158 cm³/mol. The third-order valence-electron chi connectivity index (χ3n) is 8.16. The fourth-order valence-corrected chi connectivity index (χ4v) is 6.22. The number of nitrogens with zero attached hydrogens (tertiary/aromatic N) is 4. The topological polar surface area (TPSA) is 78.7 Å². The minimum atomic E-state index is -2.94. The summed E-state index contributed by atoms with van der Waals surface area (Å²) < 4.78 is 28.9. The summed E-state index contributed by atoms with van der Waals surface area (Å²) in [6.07, 6.45) is 1.86. The smallest absolute Gasteiger partial charge is 0.339 e. The highest BCUT2D eigenvalue weighted by Gasteiger charge is 2.31. The van der Waals surface area contributed by atoms with Gasteiger partial charge in [-0.2, -0.15) is 5.10 Å². The van der Waals surface area contributed by atoms with Gasteiger partial charge in [0.15, 0.2) is 0 Å². The van der Waals surface area contributed by atoms with Crippen LogP contribution in [0.2, 0.25) is 5.02 Å². The van der Waals surface area contributed by atoms with Gasteiger partial charge in [-0.3, -0.25) is 9.48 Å². The number of likely N-dealkylation sites (tertiary alicyclic amines) is 1. The van der Waals surface area contributed by atoms with E-state index in [9.17, 15) is 23.5 Å². The van der Waals surface area contributed by atoms with Crippen molar-refractivity contribution >= 4 is 41.6 Å². The molecule has 11 heteroatoms. The highest BCUT2D eigenvalue weighted by Crippen LogP contribution is 2.38. The Balaban J connectivity index is 0.00000387. The Morgan fingerprint density at radius 1 is 1.07 bits per heavy atom. The SMILES string of the molecule is CCC(=O)N1CCC(c2ccc(-c3ccc(Cl)cc3N3CCCC(n4ncc(C(=O)O)c4C(F)F)C3)cc2)CC1.Cl. The molecule has 1 unspecified atom stereocenters. The summed E-state index contributed by atoms with van der Waals surface area (Å²) in [5, 5.41) is 14.0. The quantitative estimate of drug-likeness (QED) is 0.307. The van der Waals surface area contributed by atoms with Gasteiger partial charge in [-0.05, 0) is 54.9 Å². The van der Waals surface area contributed by atoms with E-state index in [1.54, 1.807) is 0 Å². The van der Waals surface area contributed by atoms with Crippen LogP contribution in [0, 0.1) is 0 Å². The number of carboxylic acid groups (broad SMARTS) is 1. The molecule has 2 aromatic carbocycles. The zero-order valence-electron chi connectivity index (χ0n) is 22.8. The molecule has 1 amide bonds. The molecule has 220 valence electrons. The number of carbonyl (C=O) groups is 2. The van der Waals surface area contributed by atoms with Gasteiger partial charge in [0.2, 0.25) is 5.91 Å². The van der Waals surface area contributed by atoms with Crippen LogP contribution >= 0.6 is 24.0 Å². The van der Waals surface area contributed by atoms with Crippen LogP contribution in [0.3, 0.4) is 0 Å². The number of anilines is 1. The molecule has 7 nitrogen and oxygen atoms in total. The number of aromatic carboxylic acids is 1. The standard InChI is InChI=1S/C30H33ClF2N4O3.ClH/c1-2-27(38)35-14-11-20(12-15-35)19-5-7-21(8-6-19)24-10-9-22(31)16-26(24)36-13-3-4-23(18-36)37-28(29(32)33)25(17-34-37)30(39)40;/h5-10,16-17,20,23,29H,2-4,11-15,18H2,1H3,(H,39,40);1H. The summed E-state index contributed by atoms with van der Waals surface area (Å²) in [4.78, 5) is 27.6. The maximum atomic E-state index is 13.9. The number of aromatic nitrogens is 2. The van der Waals surface area contributed by atoms with Crippen molar-refractivity contribution in [3.05, 3.63) is 70.5 Å². The van der Waals surface area contributed by atoms with E-state index in [1.807, 2.05) is 30.0 Å². The maximum Gasteiger partial charge on any atom is 0.339 e. The Labute approximate surface area is 249 Å². The summed E-state index contributed by atoms with van der Waals surface area (Å²) >= 11 is 6.42. The molecular weight excluding hydrogens is 573 g/mol. The third kappa shape index (κ3) is 6.51. The molecule has 0 bridgehead atoms. The summed E-state index contributed by atoms with van der Waals surface area (Å²) in [6.45, 7) is 4.59. The lowest BCUT2D eigenvalue weighted by Crippen LogP contribution is -2.38. The van der Waals surface area contributed by atoms with Crippen molar-refractivity contribution in [2.24, 2.45) is 0 Å². The van der Waals surface area contributed by atoms with Crippen LogP contribution in [0.25, 0.3) is 11.1 Å². The second-order valence-electron chi connectivity index (χ2n) is 10.5. The molecule has 0 saturated carbocycles. The first kappa shape index (κ1) is 30.8. The first-order valence-electron chi connectivity index (χ1n) is 13.8. The van der Waals surface area contributed by atoms with Gasteiger partial charge in [0.05, 0.1) is 12.2 Å². The van der Waals surface area contributed by atoms with Gasteiger partial charge in [0.25, 0.3) is 6.43 Å². The molecular formula is C30H34Cl2F2N4O3. The summed E-state index contributed by atoms with van der Waals surface area (Å²) in [6, 6.07) is 13.8. The normalized spacial score (nSPS) is 17.9. The van der Waals surface area contributed by atoms with E-state index in [4.69, 9.17) is 11.6 Å². The third-order valence-corrected chi connectivity index (χ3v) is 8.39. The maximum absolute atomic E-state index is 13.9. The van der Waals surface area contributed by atoms with Gasteiger partial charge in [-0.1, -0.05) is 48.9 Å². The van der Waals surface area contributed by atoms with Crippen LogP contribution in [0.1, 0.15) is 79.0 Å². The van der Waals surface area contributed by atoms with Gasteiger partial charge in [-0.15, -0.1) is 12.4 Å². The zero-order chi connectivity index (χ0) is 28.4. The van der Waals surface area contributed by atoms with Crippen molar-refractivity contribution in [3.63, 3.8) is 0 Å². The number of amides is 1. The van der Waals surface area contributed by atoms with E-state index < -0.39 is 29.7 Å². The molecule has 3 aromatic rings. The fourth-order valence-electron chi connectivity index (χ4n) is 6.05. The van der Waals surface area contributed by atoms with Crippen molar-refractivity contribution in [1.82, 2.24) is 14.7 Å². The largest absolute Gasteiger partial charge is 0.478 e. The molecule has 1 N–H and O–H groups in total. The lowest BCUT2D eigenvalue weighted by molar-refractivity contribution is -0.131. The number of carbonyl (C=O) groups excluding carboxylic acids is 1. The molecule has 1 atom stereocenters. The summed E-state index contributed by atoms with van der Waals surface area (Å²) in [5.41, 5.74) is 3.16. The van der Waals surface area contributed by atoms with Gasteiger partial charge in [-0.25, -0.2) is 13.6 Å². The summed E-state index contributed by atoms with van der Waals surface area (Å²) in [7, 11) is 0. The highest BCUT2D eigenvalue weighted by molar-refractivity contribution is 6.31. The molecule has 1 aromatic heterocycles. The second kappa shape index (κ2) is 13.2. The van der Waals surface area contributed by atoms with E-state index in [-0.39, 0.29) is 18.3 Å². The Morgan fingerprint density at radius 2 is 1.78 bits per heavy atom. The number of rotatable bonds is 7. The van der Waals surface area contributed by atoms with Crippen molar-refractivity contribution in [1.29, 1.82) is 0 Å². The molecule has 5 rings (SSSR count). The molecule has 2 aliphatic heterocycles. The van der Waals surface area contributed by atoms with Crippen molar-refractivity contribution < 1.29 is 23.5 Å². The van der Waals surface area contributed by atoms with E-state index >= 15 is 0 Å². The van der Waals surface area contributed by atoms with Gasteiger partial charge < -0.3 is 14.9 Å². The Bertz CT molecular complexity index is 1370. The molecule has 2 saturated heterocycles. The van der Waals surface area contributed by atoms with Gasteiger partial charge >= 0.3 is 5.97 Å². The molecule has 2 aliphatic rings. The number of hydrogen-bond acceptors (Lipinski definition) is 4. The van der Waals surface area contributed by atoms with Crippen LogP contribution in [-0.2, 0) is 4.79 Å². The van der Waals surface area contributed by atoms with Crippen LogP contribution in [0.15, 0.2) is 48.7 Å². The van der Waals surface area contributed by atoms with Crippen molar-refractivity contribution in [2.45, 2.75) is 57.4 Å². The van der Waals surface area contributed by atoms with Crippen LogP contribution in [0.5, 0.6) is 0 Å². The number of benzene rings is 2. The Morgan fingerprint density at radius 3 is 2.41 bits per heavy atom. The minimum Gasteiger partial charge on any atom is -0.478 e. The summed E-state index contributed by atoms with van der Waals surface area (Å²) in [5.74, 6) is -0.782. The van der Waals surface area contributed by atoms with Crippen LogP contribution < -0.4 is 4.90 Å². The van der Waals surface area contributed by atoms with Crippen LogP contribution in [0.4, 0.5) is 14.5 Å². The predicted octanol–water partition coefficient (Wildman–Crippen LogP) is 7.22. The lowest BCUT2D eigenvalue weighted by Gasteiger charge is -2.36. The zero-order valence-corrected chi connectivity index (χ0v) is 24.4. The van der Waals surface area contributed by atoms with Crippen molar-refractivity contribution in [3.8, 4) is 11.1 Å². The fraction of sp³-hybridized carbons (Fsp3) is 0.433. The van der Waals surface area contributed by atoms with Gasteiger partial charge in [0, 0.05) is 48.9 Å². The van der Waals surface area contributed by atoms with E-state index in [0.717, 1.165) is 55.4 Å². The van der Waals surface area contributed by atoms with Gasteiger partial charge in [0.1, 0.15) is 11.3 Å². The number of halogens is 4. The first-order chi connectivity index (χ1) is 19.3. The second-order valence-corrected chi connectivity index (χ2v) is 11.0. The average molecular weight is 608 g/mol. The molecule has 3 heterocycles. The van der Waals surface area contributed by atoms with Crippen molar-refractivity contribution in [2.75, 3.05) is 31.1 Å². The lowest BCUT2D eigenvalue weighted by atomic mass is 9.88. The van der Waals surface area contributed by atoms with E-state index in [1.165, 1.54) is 10.2 Å². The number of hydrogen-bond donors (Lipinski definition) is 1. The number of piperidine rings is 2. The number of alkyl halides is 2. The molecule has 0 aliphatic carbocycles. The van der Waals surface area contributed by atoms with E-state index in [2.05, 4.69) is 34.3 Å². The Kier molecular flexibility index (Phi) is 9.92. The Hall–Kier alpha value is -3.17. The highest BCUT2D eigenvalue weighted by atomic mass is 35.5. The monoisotopic (exact) mass is 606 g/mol. The molecule has 41 heavy (non-hydrogen) atoms. The van der Waals surface area contributed by atoms with E-state index in [0.29, 0.717) is 36.9 Å². The molecule has 2 fully saturated rings. The number of carboxylic acids is 1.